The Balaban J connectivity index is 1.26. The van der Waals surface area contributed by atoms with Gasteiger partial charge in [0.2, 0.25) is 0 Å². The molecule has 0 aromatic rings. The third-order valence-corrected chi connectivity index (χ3v) is 10.7. The van der Waals surface area contributed by atoms with E-state index in [2.05, 4.69) is 41.5 Å². The van der Waals surface area contributed by atoms with Crippen LogP contribution in [0.4, 0.5) is 0 Å². The van der Waals surface area contributed by atoms with Crippen molar-refractivity contribution in [2.45, 2.75) is 105 Å². The molecule has 30 heavy (non-hydrogen) atoms. The van der Waals surface area contributed by atoms with Crippen molar-refractivity contribution in [3.63, 3.8) is 0 Å². The van der Waals surface area contributed by atoms with Crippen molar-refractivity contribution in [3.8, 4) is 0 Å². The van der Waals surface area contributed by atoms with Crippen molar-refractivity contribution in [2.75, 3.05) is 0 Å². The lowest BCUT2D eigenvalue weighted by atomic mass is 9.70. The van der Waals surface area contributed by atoms with Crippen LogP contribution < -0.4 is 0 Å². The van der Waals surface area contributed by atoms with Crippen LogP contribution in [-0.2, 0) is 23.9 Å². The van der Waals surface area contributed by atoms with E-state index in [9.17, 15) is 14.4 Å². The molecule has 4 rings (SSSR count). The van der Waals surface area contributed by atoms with Gasteiger partial charge in [0.05, 0.1) is 0 Å². The molecule has 0 N–H and O–H groups in total. The summed E-state index contributed by atoms with van der Waals surface area (Å²) in [5, 5.41) is 0. The molecule has 0 spiro atoms. The molecule has 0 saturated heterocycles. The molecule has 0 unspecified atom stereocenters. The van der Waals surface area contributed by atoms with Gasteiger partial charge in [-0.3, -0.25) is 14.4 Å². The summed E-state index contributed by atoms with van der Waals surface area (Å²) < 4.78 is 11.5. The second kappa shape index (κ2) is 6.80. The molecule has 0 aliphatic heterocycles. The SMILES string of the molecule is CC1(C)[C@@H]2CC[C@@]1(C)[C@H](OC(=O)CC(=O)CC(=O)O[C@@H]1C[C@H]3CC[C@]1(C)C3(C)C)C2. The van der Waals surface area contributed by atoms with Crippen LogP contribution in [0.1, 0.15) is 92.9 Å². The molecule has 4 bridgehead atoms. The predicted octanol–water partition coefficient (Wildman–Crippen LogP) is 4.85. The zero-order chi connectivity index (χ0) is 22.1. The first-order valence-electron chi connectivity index (χ1n) is 11.7. The summed E-state index contributed by atoms with van der Waals surface area (Å²) in [6, 6.07) is 0. The van der Waals surface area contributed by atoms with Crippen molar-refractivity contribution in [1.82, 2.24) is 0 Å². The summed E-state index contributed by atoms with van der Waals surface area (Å²) in [6.07, 6.45) is 5.28. The number of ketones is 1. The van der Waals surface area contributed by atoms with E-state index in [0.29, 0.717) is 11.8 Å². The van der Waals surface area contributed by atoms with Crippen LogP contribution in [-0.4, -0.2) is 29.9 Å². The Bertz CT molecular complexity index is 706. The van der Waals surface area contributed by atoms with Gasteiger partial charge in [-0.25, -0.2) is 0 Å². The minimum atomic E-state index is -0.504. The van der Waals surface area contributed by atoms with E-state index in [0.717, 1.165) is 25.7 Å². The van der Waals surface area contributed by atoms with E-state index in [4.69, 9.17) is 9.47 Å². The molecule has 5 heteroatoms. The van der Waals surface area contributed by atoms with Gasteiger partial charge in [-0.1, -0.05) is 41.5 Å². The fraction of sp³-hybridized carbons (Fsp3) is 0.880. The highest BCUT2D eigenvalue weighted by atomic mass is 16.6. The molecule has 0 radical (unpaired) electrons. The minimum absolute atomic E-state index is 0.0284. The highest BCUT2D eigenvalue weighted by Gasteiger charge is 2.64. The van der Waals surface area contributed by atoms with Crippen LogP contribution in [0.15, 0.2) is 0 Å². The average molecular weight is 419 g/mol. The van der Waals surface area contributed by atoms with Crippen LogP contribution in [0.3, 0.4) is 0 Å². The lowest BCUT2D eigenvalue weighted by Crippen LogP contribution is -2.39. The summed E-state index contributed by atoms with van der Waals surface area (Å²) in [5.74, 6) is -0.285. The number of ether oxygens (including phenoxy) is 2. The van der Waals surface area contributed by atoms with E-state index in [1.54, 1.807) is 0 Å². The number of hydrogen-bond donors (Lipinski definition) is 0. The van der Waals surface area contributed by atoms with E-state index in [-0.39, 0.29) is 46.7 Å². The molecule has 6 atom stereocenters. The number of esters is 2. The summed E-state index contributed by atoms with van der Waals surface area (Å²) in [6.45, 7) is 13.4. The van der Waals surface area contributed by atoms with E-state index >= 15 is 0 Å². The number of carbonyl (C=O) groups excluding carboxylic acids is 3. The van der Waals surface area contributed by atoms with E-state index < -0.39 is 17.7 Å². The maximum atomic E-state index is 12.4. The smallest absolute Gasteiger partial charge is 0.313 e. The highest BCUT2D eigenvalue weighted by molar-refractivity contribution is 6.03. The Kier molecular flexibility index (Phi) is 4.95. The fourth-order valence-electron chi connectivity index (χ4n) is 7.40. The number of carbonyl (C=O) groups is 3. The average Bonchev–Trinajstić information content (AvgIpc) is 3.13. The maximum Gasteiger partial charge on any atom is 0.313 e. The first kappa shape index (κ1) is 21.8. The summed E-state index contributed by atoms with van der Waals surface area (Å²) in [7, 11) is 0. The topological polar surface area (TPSA) is 69.7 Å². The van der Waals surface area contributed by atoms with Crippen molar-refractivity contribution in [1.29, 1.82) is 0 Å². The zero-order valence-corrected chi connectivity index (χ0v) is 19.5. The van der Waals surface area contributed by atoms with Crippen molar-refractivity contribution in [3.05, 3.63) is 0 Å². The molecule has 0 heterocycles. The molecule has 0 amide bonds. The standard InChI is InChI=1S/C25H38O5/c1-22(2)15-7-9-24(22,5)18(11-15)29-20(27)13-17(26)14-21(28)30-19-12-16-8-10-25(19,6)23(16,3)4/h15-16,18-19H,7-14H2,1-6H3/t15-,16-,18-,19-,24+,25+/m1/s1. The third-order valence-electron chi connectivity index (χ3n) is 10.7. The minimum Gasteiger partial charge on any atom is -0.461 e. The molecule has 0 aromatic heterocycles. The lowest BCUT2D eigenvalue weighted by Gasteiger charge is -2.38. The third kappa shape index (κ3) is 2.97. The van der Waals surface area contributed by atoms with E-state index in [1.165, 1.54) is 12.8 Å². The highest BCUT2D eigenvalue weighted by Crippen LogP contribution is 2.67. The summed E-state index contributed by atoms with van der Waals surface area (Å²) in [4.78, 5) is 37.2. The largest absolute Gasteiger partial charge is 0.461 e. The zero-order valence-electron chi connectivity index (χ0n) is 19.5. The van der Waals surface area contributed by atoms with Crippen molar-refractivity contribution >= 4 is 17.7 Å². The fourth-order valence-corrected chi connectivity index (χ4v) is 7.40. The Labute approximate surface area is 180 Å². The van der Waals surface area contributed by atoms with Crippen LogP contribution in [0.2, 0.25) is 0 Å². The van der Waals surface area contributed by atoms with Crippen LogP contribution in [0.5, 0.6) is 0 Å². The molecule has 4 fully saturated rings. The molecule has 4 aliphatic rings. The lowest BCUT2D eigenvalue weighted by molar-refractivity contribution is -0.160. The van der Waals surface area contributed by atoms with Gasteiger partial charge in [-0.05, 0) is 61.2 Å². The van der Waals surface area contributed by atoms with Gasteiger partial charge < -0.3 is 9.47 Å². The second-order valence-corrected chi connectivity index (χ2v) is 12.1. The van der Waals surface area contributed by atoms with Gasteiger partial charge in [-0.2, -0.15) is 0 Å². The quantitative estimate of drug-likeness (QED) is 0.455. The Morgan fingerprint density at radius 2 is 1.07 bits per heavy atom. The van der Waals surface area contributed by atoms with Crippen molar-refractivity contribution < 1.29 is 23.9 Å². The normalized spacial score (nSPS) is 42.3. The van der Waals surface area contributed by atoms with Gasteiger partial charge in [0.25, 0.3) is 0 Å². The second-order valence-electron chi connectivity index (χ2n) is 12.1. The van der Waals surface area contributed by atoms with Gasteiger partial charge in [0.1, 0.15) is 25.0 Å². The Morgan fingerprint density at radius 3 is 1.33 bits per heavy atom. The molecule has 0 aromatic carbocycles. The van der Waals surface area contributed by atoms with Gasteiger partial charge in [0, 0.05) is 10.8 Å². The molecular formula is C25H38O5. The monoisotopic (exact) mass is 418 g/mol. The van der Waals surface area contributed by atoms with Crippen LogP contribution in [0, 0.1) is 33.5 Å². The number of rotatable bonds is 6. The molecular weight excluding hydrogens is 380 g/mol. The molecule has 4 aliphatic carbocycles. The number of hydrogen-bond acceptors (Lipinski definition) is 5. The number of Topliss-reactive ketones (excluding diaryl/α,β-unsaturated/α-hetero) is 1. The van der Waals surface area contributed by atoms with E-state index in [1.807, 2.05) is 0 Å². The van der Waals surface area contributed by atoms with Gasteiger partial charge in [0.15, 0.2) is 5.78 Å². The first-order valence-corrected chi connectivity index (χ1v) is 11.7. The van der Waals surface area contributed by atoms with Crippen molar-refractivity contribution in [2.24, 2.45) is 33.5 Å². The summed E-state index contributed by atoms with van der Waals surface area (Å²) >= 11 is 0. The van der Waals surface area contributed by atoms with Gasteiger partial charge in [-0.15, -0.1) is 0 Å². The molecule has 5 nitrogen and oxygen atoms in total. The number of fused-ring (bicyclic) bond motifs is 4. The molecule has 168 valence electrons. The predicted molar refractivity (Wildman–Crippen MR) is 112 cm³/mol. The molecule has 4 saturated carbocycles. The van der Waals surface area contributed by atoms with Gasteiger partial charge >= 0.3 is 11.9 Å². The van der Waals surface area contributed by atoms with Crippen LogP contribution in [0.25, 0.3) is 0 Å². The Morgan fingerprint density at radius 1 is 0.700 bits per heavy atom. The first-order chi connectivity index (χ1) is 13.8. The van der Waals surface area contributed by atoms with Crippen LogP contribution >= 0.6 is 0 Å². The Hall–Kier alpha value is -1.39. The maximum absolute atomic E-state index is 12.4. The summed E-state index contributed by atoms with van der Waals surface area (Å²) in [5.41, 5.74) is 0.241.